The summed E-state index contributed by atoms with van der Waals surface area (Å²) in [4.78, 5) is 30.5. The Morgan fingerprint density at radius 2 is 1.94 bits per heavy atom. The molecule has 11 nitrogen and oxygen atoms in total. The number of nitrogens with one attached hydrogen (secondary N) is 2. The van der Waals surface area contributed by atoms with Gasteiger partial charge in [-0.3, -0.25) is 14.7 Å². The number of aryl methyl sites for hydroxylation is 1. The predicted molar refractivity (Wildman–Crippen MR) is 128 cm³/mol. The number of carbonyl (C=O) groups is 2. The van der Waals surface area contributed by atoms with Crippen molar-refractivity contribution in [1.29, 1.82) is 0 Å². The highest BCUT2D eigenvalue weighted by Crippen LogP contribution is 2.23. The third kappa shape index (κ3) is 6.31. The van der Waals surface area contributed by atoms with E-state index < -0.39 is 34.1 Å². The fourth-order valence-electron chi connectivity index (χ4n) is 3.65. The Balaban J connectivity index is 1.71. The number of urea groups is 1. The number of aromatic nitrogens is 1. The van der Waals surface area contributed by atoms with E-state index >= 15 is 4.39 Å². The van der Waals surface area contributed by atoms with E-state index in [1.165, 1.54) is 33.5 Å². The van der Waals surface area contributed by atoms with Gasteiger partial charge in [0.2, 0.25) is 0 Å². The van der Waals surface area contributed by atoms with E-state index in [2.05, 4.69) is 15.6 Å². The van der Waals surface area contributed by atoms with Gasteiger partial charge in [0, 0.05) is 51.5 Å². The Kier molecular flexibility index (Phi) is 8.38. The van der Waals surface area contributed by atoms with Crippen LogP contribution in [0.5, 0.6) is 0 Å². The number of hydrogen-bond acceptors (Lipinski definition) is 7. The number of ether oxygens (including phenoxy) is 1. The minimum Gasteiger partial charge on any atom is -0.468 e. The highest BCUT2D eigenvalue weighted by molar-refractivity contribution is 7.86. The minimum absolute atomic E-state index is 0.0154. The van der Waals surface area contributed by atoms with E-state index in [1.807, 2.05) is 6.92 Å². The van der Waals surface area contributed by atoms with Gasteiger partial charge in [0.15, 0.2) is 5.82 Å². The molecule has 2 heterocycles. The van der Waals surface area contributed by atoms with Crippen LogP contribution in [-0.2, 0) is 26.3 Å². The lowest BCUT2D eigenvalue weighted by molar-refractivity contribution is -0.147. The minimum atomic E-state index is -3.85. The Morgan fingerprint density at radius 3 is 2.57 bits per heavy atom. The average Bonchev–Trinajstić information content (AvgIpc) is 2.82. The fraction of sp³-hybridized carbons (Fsp3) is 0.409. The topological polar surface area (TPSA) is 124 Å². The number of rotatable bonds is 7. The van der Waals surface area contributed by atoms with Crippen molar-refractivity contribution in [3.8, 4) is 0 Å². The lowest BCUT2D eigenvalue weighted by atomic mass is 10.1. The molecule has 0 aliphatic carbocycles. The second-order valence-electron chi connectivity index (χ2n) is 8.22. The Labute approximate surface area is 204 Å². The van der Waals surface area contributed by atoms with Crippen molar-refractivity contribution in [3.63, 3.8) is 0 Å². The lowest BCUT2D eigenvalue weighted by Crippen LogP contribution is -2.60. The second kappa shape index (κ2) is 11.1. The zero-order chi connectivity index (χ0) is 25.8. The molecule has 2 amide bonds. The first-order valence-electron chi connectivity index (χ1n) is 10.8. The van der Waals surface area contributed by atoms with Crippen molar-refractivity contribution in [1.82, 2.24) is 18.5 Å². The van der Waals surface area contributed by atoms with Crippen LogP contribution in [0, 0.1) is 12.7 Å². The molecule has 1 aliphatic rings. The first-order valence-corrected chi connectivity index (χ1v) is 12.2. The maximum Gasteiger partial charge on any atom is 0.325 e. The highest BCUT2D eigenvalue weighted by Gasteiger charge is 2.41. The molecule has 0 spiro atoms. The van der Waals surface area contributed by atoms with Gasteiger partial charge in [0.05, 0.1) is 24.7 Å². The molecule has 0 saturated carbocycles. The molecule has 1 saturated heterocycles. The molecule has 35 heavy (non-hydrogen) atoms. The van der Waals surface area contributed by atoms with Crippen molar-refractivity contribution >= 4 is 33.6 Å². The van der Waals surface area contributed by atoms with Crippen molar-refractivity contribution in [2.75, 3.05) is 51.5 Å². The summed E-state index contributed by atoms with van der Waals surface area (Å²) in [6.07, 6.45) is 1.50. The van der Waals surface area contributed by atoms with Gasteiger partial charge in [-0.2, -0.15) is 17.0 Å². The summed E-state index contributed by atoms with van der Waals surface area (Å²) < 4.78 is 47.4. The molecule has 0 radical (unpaired) electrons. The van der Waals surface area contributed by atoms with Crippen LogP contribution in [-0.4, -0.2) is 85.8 Å². The molecule has 2 aromatic rings. The van der Waals surface area contributed by atoms with Gasteiger partial charge < -0.3 is 15.4 Å². The second-order valence-corrected chi connectivity index (χ2v) is 10.3. The lowest BCUT2D eigenvalue weighted by Gasteiger charge is -2.39. The van der Waals surface area contributed by atoms with Gasteiger partial charge in [-0.25, -0.2) is 9.18 Å². The summed E-state index contributed by atoms with van der Waals surface area (Å²) >= 11 is 0. The van der Waals surface area contributed by atoms with E-state index in [1.54, 1.807) is 29.2 Å². The maximum absolute atomic E-state index is 15.2. The normalized spacial score (nSPS) is 17.3. The summed E-state index contributed by atoms with van der Waals surface area (Å²) in [7, 11) is 0.106. The molecule has 2 N–H and O–H groups in total. The quantitative estimate of drug-likeness (QED) is 0.545. The van der Waals surface area contributed by atoms with E-state index in [-0.39, 0.29) is 37.4 Å². The van der Waals surface area contributed by atoms with E-state index in [4.69, 9.17) is 4.74 Å². The number of carbonyl (C=O) groups excluding carboxylic acids is 2. The number of esters is 1. The van der Waals surface area contributed by atoms with Gasteiger partial charge in [0.1, 0.15) is 6.04 Å². The molecule has 1 aromatic heterocycles. The summed E-state index contributed by atoms with van der Waals surface area (Å²) in [5, 5.41) is 5.08. The van der Waals surface area contributed by atoms with Crippen LogP contribution in [0.15, 0.2) is 36.5 Å². The SMILES string of the molecule is COC(=O)[C@@H]1CN(Cc2cccc(NC(=O)Nc3ccc(C)nc3)c2F)CCN1S(=O)(=O)N(C)C. The van der Waals surface area contributed by atoms with Crippen LogP contribution in [0.25, 0.3) is 0 Å². The van der Waals surface area contributed by atoms with Gasteiger partial charge in [-0.05, 0) is 25.1 Å². The third-order valence-corrected chi connectivity index (χ3v) is 7.49. The number of nitrogens with zero attached hydrogens (tertiary/aromatic N) is 4. The van der Waals surface area contributed by atoms with Crippen LogP contribution in [0.4, 0.5) is 20.6 Å². The zero-order valence-electron chi connectivity index (χ0n) is 20.0. The number of hydrogen-bond donors (Lipinski definition) is 2. The number of pyridine rings is 1. The maximum atomic E-state index is 15.2. The van der Waals surface area contributed by atoms with Crippen molar-refractivity contribution in [2.24, 2.45) is 0 Å². The van der Waals surface area contributed by atoms with Gasteiger partial charge in [0.25, 0.3) is 10.2 Å². The Bertz CT molecular complexity index is 1180. The Hall–Kier alpha value is -3.13. The molecule has 1 aromatic carbocycles. The molecular weight excluding hydrogens is 479 g/mol. The van der Waals surface area contributed by atoms with Crippen LogP contribution in [0.2, 0.25) is 0 Å². The molecule has 1 fully saturated rings. The smallest absolute Gasteiger partial charge is 0.325 e. The molecular formula is C22H29FN6O5S. The standard InChI is InChI=1S/C22H29FN6O5S/c1-15-8-9-17(12-24-15)25-22(31)26-18-7-5-6-16(20(18)23)13-28-10-11-29(35(32,33)27(2)3)19(14-28)21(30)34-4/h5-9,12,19H,10-11,13-14H2,1-4H3,(H2,25,26,31)/t19-/m0/s1. The number of amides is 2. The first-order chi connectivity index (χ1) is 16.5. The van der Waals surface area contributed by atoms with Crippen molar-refractivity contribution in [3.05, 3.63) is 53.6 Å². The number of methoxy groups -OCH3 is 1. The zero-order valence-corrected chi connectivity index (χ0v) is 20.8. The summed E-state index contributed by atoms with van der Waals surface area (Å²) in [5.41, 5.74) is 1.53. The third-order valence-electron chi connectivity index (χ3n) is 5.54. The number of anilines is 2. The summed E-state index contributed by atoms with van der Waals surface area (Å²) in [6, 6.07) is 6.33. The molecule has 1 atom stereocenters. The molecule has 13 heteroatoms. The van der Waals surface area contributed by atoms with Crippen LogP contribution in [0.1, 0.15) is 11.3 Å². The van der Waals surface area contributed by atoms with E-state index in [0.717, 1.165) is 14.3 Å². The molecule has 3 rings (SSSR count). The number of halogens is 1. The van der Waals surface area contributed by atoms with Crippen molar-refractivity contribution in [2.45, 2.75) is 19.5 Å². The van der Waals surface area contributed by atoms with Crippen LogP contribution < -0.4 is 10.6 Å². The number of benzene rings is 1. The number of piperazine rings is 1. The van der Waals surface area contributed by atoms with Crippen LogP contribution in [0.3, 0.4) is 0 Å². The van der Waals surface area contributed by atoms with Crippen molar-refractivity contribution < 1.29 is 27.1 Å². The predicted octanol–water partition coefficient (Wildman–Crippen LogP) is 1.64. The van der Waals surface area contributed by atoms with E-state index in [0.29, 0.717) is 5.69 Å². The van der Waals surface area contributed by atoms with Gasteiger partial charge in [-0.1, -0.05) is 12.1 Å². The summed E-state index contributed by atoms with van der Waals surface area (Å²) in [6.45, 7) is 2.26. The molecule has 1 aliphatic heterocycles. The molecule has 0 bridgehead atoms. The first kappa shape index (κ1) is 26.5. The highest BCUT2D eigenvalue weighted by atomic mass is 32.2. The molecule has 0 unspecified atom stereocenters. The largest absolute Gasteiger partial charge is 0.468 e. The average molecular weight is 509 g/mol. The fourth-order valence-corrected chi connectivity index (χ4v) is 4.85. The van der Waals surface area contributed by atoms with Gasteiger partial charge in [-0.15, -0.1) is 0 Å². The van der Waals surface area contributed by atoms with Crippen LogP contribution >= 0.6 is 0 Å². The monoisotopic (exact) mass is 508 g/mol. The van der Waals surface area contributed by atoms with Gasteiger partial charge >= 0.3 is 12.0 Å². The summed E-state index contributed by atoms with van der Waals surface area (Å²) in [5.74, 6) is -1.32. The van der Waals surface area contributed by atoms with E-state index in [9.17, 15) is 18.0 Å². The molecule has 190 valence electrons. The Morgan fingerprint density at radius 1 is 1.20 bits per heavy atom.